The van der Waals surface area contributed by atoms with Crippen LogP contribution in [0.5, 0.6) is 5.75 Å². The van der Waals surface area contributed by atoms with E-state index in [1.807, 2.05) is 0 Å². The molecule has 1 N–H and O–H groups in total. The fraction of sp³-hybridized carbons (Fsp3) is 0.357. The Balaban J connectivity index is 1.78. The van der Waals surface area contributed by atoms with Crippen LogP contribution < -0.4 is 10.1 Å². The van der Waals surface area contributed by atoms with Crippen molar-refractivity contribution in [3.63, 3.8) is 0 Å². The monoisotopic (exact) mass is 309 g/mol. The van der Waals surface area contributed by atoms with Crippen LogP contribution in [0, 0.1) is 5.82 Å². The molecule has 0 unspecified atom stereocenters. The average molecular weight is 309 g/mol. The van der Waals surface area contributed by atoms with E-state index in [4.69, 9.17) is 4.74 Å². The van der Waals surface area contributed by atoms with E-state index in [1.54, 1.807) is 0 Å². The van der Waals surface area contributed by atoms with Crippen molar-refractivity contribution in [3.05, 3.63) is 35.1 Å². The normalized spacial score (nSPS) is 10.4. The molecule has 0 bridgehead atoms. The van der Waals surface area contributed by atoms with Crippen LogP contribution in [0.4, 0.5) is 9.52 Å². The van der Waals surface area contributed by atoms with Crippen LogP contribution >= 0.6 is 11.3 Å². The molecule has 7 heteroatoms. The third-order valence-electron chi connectivity index (χ3n) is 2.64. The zero-order chi connectivity index (χ0) is 15.1. The quantitative estimate of drug-likeness (QED) is 0.854. The largest absolute Gasteiger partial charge is 0.484 e. The number of aromatic nitrogens is 2. The van der Waals surface area contributed by atoms with E-state index in [1.165, 1.54) is 35.6 Å². The van der Waals surface area contributed by atoms with Gasteiger partial charge in [0, 0.05) is 6.42 Å². The zero-order valence-corrected chi connectivity index (χ0v) is 12.5. The van der Waals surface area contributed by atoms with E-state index >= 15 is 0 Å². The molecule has 0 spiro atoms. The Morgan fingerprint density at radius 1 is 1.33 bits per heavy atom. The molecular formula is C14H16FN3O2S. The van der Waals surface area contributed by atoms with Gasteiger partial charge in [0.05, 0.1) is 0 Å². The summed E-state index contributed by atoms with van der Waals surface area (Å²) >= 11 is 1.37. The second-order valence-electron chi connectivity index (χ2n) is 4.40. The van der Waals surface area contributed by atoms with E-state index in [2.05, 4.69) is 22.4 Å². The third-order valence-corrected chi connectivity index (χ3v) is 3.54. The summed E-state index contributed by atoms with van der Waals surface area (Å²) in [6.07, 6.45) is 3.01. The molecule has 0 atom stereocenters. The molecular weight excluding hydrogens is 293 g/mol. The van der Waals surface area contributed by atoms with Crippen molar-refractivity contribution in [1.29, 1.82) is 0 Å². The zero-order valence-electron chi connectivity index (χ0n) is 11.6. The van der Waals surface area contributed by atoms with Crippen molar-refractivity contribution >= 4 is 22.4 Å². The first kappa shape index (κ1) is 15.4. The van der Waals surface area contributed by atoms with Crippen molar-refractivity contribution in [1.82, 2.24) is 10.2 Å². The van der Waals surface area contributed by atoms with Gasteiger partial charge in [-0.1, -0.05) is 24.7 Å². The molecule has 1 aromatic carbocycles. The minimum absolute atomic E-state index is 0.157. The molecule has 0 radical (unpaired) electrons. The van der Waals surface area contributed by atoms with Gasteiger partial charge in [0.1, 0.15) is 16.6 Å². The molecule has 2 rings (SSSR count). The maximum atomic E-state index is 12.7. The molecule has 1 heterocycles. The number of halogens is 1. The number of nitrogens with zero attached hydrogens (tertiary/aromatic N) is 2. The summed E-state index contributed by atoms with van der Waals surface area (Å²) < 4.78 is 18.0. The van der Waals surface area contributed by atoms with Crippen molar-refractivity contribution in [2.24, 2.45) is 0 Å². The highest BCUT2D eigenvalue weighted by atomic mass is 32.1. The number of carbonyl (C=O) groups excluding carboxylic acids is 1. The molecule has 5 nitrogen and oxygen atoms in total. The number of hydrogen-bond acceptors (Lipinski definition) is 5. The number of aryl methyl sites for hydroxylation is 1. The Morgan fingerprint density at radius 3 is 2.81 bits per heavy atom. The molecule has 0 aliphatic heterocycles. The van der Waals surface area contributed by atoms with E-state index in [9.17, 15) is 9.18 Å². The molecule has 21 heavy (non-hydrogen) atoms. The molecule has 2 aromatic rings. The van der Waals surface area contributed by atoms with Crippen LogP contribution in [0.2, 0.25) is 0 Å². The van der Waals surface area contributed by atoms with Crippen LogP contribution in [0.15, 0.2) is 24.3 Å². The number of amides is 1. The number of anilines is 1. The van der Waals surface area contributed by atoms with Crippen molar-refractivity contribution in [2.75, 3.05) is 11.9 Å². The predicted octanol–water partition coefficient (Wildman–Crippen LogP) is 3.04. The molecule has 1 amide bonds. The third kappa shape index (κ3) is 5.11. The number of unbranched alkanes of at least 4 members (excludes halogenated alkanes) is 1. The van der Waals surface area contributed by atoms with Gasteiger partial charge in [0.25, 0.3) is 5.91 Å². The first-order chi connectivity index (χ1) is 10.2. The summed E-state index contributed by atoms with van der Waals surface area (Å²) in [4.78, 5) is 11.7. The number of carbonyl (C=O) groups is 1. The lowest BCUT2D eigenvalue weighted by Gasteiger charge is -2.05. The summed E-state index contributed by atoms with van der Waals surface area (Å²) in [5.41, 5.74) is 0. The number of rotatable bonds is 7. The second-order valence-corrected chi connectivity index (χ2v) is 5.46. The summed E-state index contributed by atoms with van der Waals surface area (Å²) in [5, 5.41) is 11.9. The van der Waals surface area contributed by atoms with E-state index < -0.39 is 0 Å². The second kappa shape index (κ2) is 7.68. The fourth-order valence-electron chi connectivity index (χ4n) is 1.57. The highest BCUT2D eigenvalue weighted by molar-refractivity contribution is 7.15. The highest BCUT2D eigenvalue weighted by Gasteiger charge is 2.08. The van der Waals surface area contributed by atoms with Crippen LogP contribution in [0.25, 0.3) is 0 Å². The number of nitrogens with one attached hydrogen (secondary N) is 1. The predicted molar refractivity (Wildman–Crippen MR) is 79.0 cm³/mol. The van der Waals surface area contributed by atoms with Crippen LogP contribution in [0.3, 0.4) is 0 Å². The first-order valence-corrected chi connectivity index (χ1v) is 7.49. The van der Waals surface area contributed by atoms with E-state index in [-0.39, 0.29) is 18.3 Å². The topological polar surface area (TPSA) is 64.1 Å². The van der Waals surface area contributed by atoms with E-state index in [0.29, 0.717) is 10.9 Å². The summed E-state index contributed by atoms with van der Waals surface area (Å²) in [6.45, 7) is 1.95. The highest BCUT2D eigenvalue weighted by Crippen LogP contribution is 2.17. The van der Waals surface area contributed by atoms with Crippen LogP contribution in [-0.4, -0.2) is 22.7 Å². The maximum Gasteiger partial charge on any atom is 0.264 e. The van der Waals surface area contributed by atoms with Gasteiger partial charge in [-0.2, -0.15) is 0 Å². The molecule has 0 aliphatic rings. The van der Waals surface area contributed by atoms with E-state index in [0.717, 1.165) is 24.3 Å². The number of hydrogen-bond donors (Lipinski definition) is 1. The lowest BCUT2D eigenvalue weighted by Crippen LogP contribution is -2.20. The van der Waals surface area contributed by atoms with Crippen molar-refractivity contribution in [2.45, 2.75) is 26.2 Å². The Hall–Kier alpha value is -2.02. The van der Waals surface area contributed by atoms with Gasteiger partial charge in [-0.25, -0.2) is 4.39 Å². The minimum atomic E-state index is -0.347. The van der Waals surface area contributed by atoms with Gasteiger partial charge in [0.2, 0.25) is 5.13 Å². The lowest BCUT2D eigenvalue weighted by molar-refractivity contribution is -0.118. The summed E-state index contributed by atoms with van der Waals surface area (Å²) in [5.74, 6) is -0.231. The molecule has 1 aromatic heterocycles. The van der Waals surface area contributed by atoms with Crippen molar-refractivity contribution in [3.8, 4) is 5.75 Å². The van der Waals surface area contributed by atoms with Gasteiger partial charge in [-0.3, -0.25) is 10.1 Å². The summed E-state index contributed by atoms with van der Waals surface area (Å²) in [7, 11) is 0. The van der Waals surface area contributed by atoms with Gasteiger partial charge in [0.15, 0.2) is 6.61 Å². The average Bonchev–Trinajstić information content (AvgIpc) is 2.92. The number of ether oxygens (including phenoxy) is 1. The fourth-order valence-corrected chi connectivity index (χ4v) is 2.37. The smallest absolute Gasteiger partial charge is 0.264 e. The van der Waals surface area contributed by atoms with Gasteiger partial charge in [-0.15, -0.1) is 10.2 Å². The van der Waals surface area contributed by atoms with Gasteiger partial charge in [-0.05, 0) is 30.7 Å². The minimum Gasteiger partial charge on any atom is -0.484 e. The molecule has 0 fully saturated rings. The lowest BCUT2D eigenvalue weighted by atomic mass is 10.3. The first-order valence-electron chi connectivity index (χ1n) is 6.68. The van der Waals surface area contributed by atoms with Crippen LogP contribution in [0.1, 0.15) is 24.8 Å². The Kier molecular flexibility index (Phi) is 5.62. The van der Waals surface area contributed by atoms with Crippen LogP contribution in [-0.2, 0) is 11.2 Å². The van der Waals surface area contributed by atoms with Gasteiger partial charge >= 0.3 is 0 Å². The molecule has 0 saturated heterocycles. The standard InChI is InChI=1S/C14H16FN3O2S/c1-2-3-4-13-17-18-14(21-13)16-12(19)9-20-11-7-5-10(15)6-8-11/h5-8H,2-4,9H2,1H3,(H,16,18,19). The van der Waals surface area contributed by atoms with Gasteiger partial charge < -0.3 is 4.74 Å². The molecule has 112 valence electrons. The molecule has 0 aliphatic carbocycles. The Labute approximate surface area is 126 Å². The SMILES string of the molecule is CCCCc1nnc(NC(=O)COc2ccc(F)cc2)s1. The summed E-state index contributed by atoms with van der Waals surface area (Å²) in [6, 6.07) is 5.49. The Morgan fingerprint density at radius 2 is 2.10 bits per heavy atom. The number of benzene rings is 1. The Bertz CT molecular complexity index is 586. The van der Waals surface area contributed by atoms with Crippen molar-refractivity contribution < 1.29 is 13.9 Å². The molecule has 0 saturated carbocycles. The maximum absolute atomic E-state index is 12.7.